The second-order valence-corrected chi connectivity index (χ2v) is 9.85. The van der Waals surface area contributed by atoms with Crippen molar-refractivity contribution in [1.29, 1.82) is 0 Å². The molecular formula is C23H30O2. The minimum atomic E-state index is -0.0676. The quantitative estimate of drug-likeness (QED) is 0.660. The molecule has 0 radical (unpaired) electrons. The molecule has 0 spiro atoms. The molecule has 0 amide bonds. The summed E-state index contributed by atoms with van der Waals surface area (Å²) >= 11 is 0. The summed E-state index contributed by atoms with van der Waals surface area (Å²) < 4.78 is 0. The van der Waals surface area contributed by atoms with Gasteiger partial charge in [-0.2, -0.15) is 0 Å². The van der Waals surface area contributed by atoms with E-state index in [9.17, 15) is 9.59 Å². The van der Waals surface area contributed by atoms with E-state index in [1.807, 2.05) is 13.0 Å². The van der Waals surface area contributed by atoms with Crippen molar-refractivity contribution in [3.63, 3.8) is 0 Å². The molecule has 0 aromatic rings. The number of hydrogen-bond donors (Lipinski definition) is 0. The second-order valence-electron chi connectivity index (χ2n) is 9.85. The van der Waals surface area contributed by atoms with E-state index in [-0.39, 0.29) is 10.8 Å². The van der Waals surface area contributed by atoms with Crippen LogP contribution in [0.25, 0.3) is 0 Å². The van der Waals surface area contributed by atoms with Gasteiger partial charge in [0.05, 0.1) is 0 Å². The zero-order valence-corrected chi connectivity index (χ0v) is 15.9. The number of ketones is 2. The summed E-state index contributed by atoms with van der Waals surface area (Å²) in [5.74, 6) is 1.97. The summed E-state index contributed by atoms with van der Waals surface area (Å²) in [6.07, 6.45) is 11.8. The fourth-order valence-electron chi connectivity index (χ4n) is 8.70. The van der Waals surface area contributed by atoms with Crippen LogP contribution in [0.5, 0.6) is 0 Å². The monoisotopic (exact) mass is 338 g/mol. The molecule has 3 fully saturated rings. The number of fused-ring (bicyclic) bond motifs is 2. The zero-order chi connectivity index (χ0) is 17.6. The Morgan fingerprint density at radius 2 is 1.92 bits per heavy atom. The topological polar surface area (TPSA) is 34.1 Å². The van der Waals surface area contributed by atoms with Crippen LogP contribution >= 0.6 is 0 Å². The first-order chi connectivity index (χ1) is 11.9. The van der Waals surface area contributed by atoms with E-state index in [0.29, 0.717) is 35.2 Å². The Balaban J connectivity index is 1.66. The summed E-state index contributed by atoms with van der Waals surface area (Å²) in [5.41, 5.74) is 5.05. The highest BCUT2D eigenvalue weighted by Gasteiger charge is 2.76. The Kier molecular flexibility index (Phi) is 3.05. The molecule has 2 bridgehead atoms. The maximum atomic E-state index is 12.9. The Bertz CT molecular complexity index is 756. The molecule has 5 atom stereocenters. The Morgan fingerprint density at radius 3 is 2.64 bits per heavy atom. The molecular weight excluding hydrogens is 308 g/mol. The molecule has 25 heavy (non-hydrogen) atoms. The summed E-state index contributed by atoms with van der Waals surface area (Å²) in [7, 11) is 0. The van der Waals surface area contributed by atoms with Gasteiger partial charge in [0.2, 0.25) is 0 Å². The highest BCUT2D eigenvalue weighted by atomic mass is 16.1. The van der Waals surface area contributed by atoms with Gasteiger partial charge in [-0.15, -0.1) is 0 Å². The maximum Gasteiger partial charge on any atom is 0.156 e. The molecule has 0 N–H and O–H groups in total. The molecule has 0 saturated heterocycles. The molecule has 5 rings (SSSR count). The van der Waals surface area contributed by atoms with Gasteiger partial charge in [0.1, 0.15) is 5.78 Å². The molecule has 0 heterocycles. The second kappa shape index (κ2) is 4.75. The van der Waals surface area contributed by atoms with Gasteiger partial charge in [0.15, 0.2) is 5.78 Å². The SMILES string of the molecule is CC(=O)[C@@]12CCC3(CC1C)[C@@H]1CCC4=CC(=O)CCC4=C1CC[C@@]32C. The number of allylic oxidation sites excluding steroid dienone is 4. The molecule has 2 unspecified atom stereocenters. The maximum absolute atomic E-state index is 12.9. The van der Waals surface area contributed by atoms with Gasteiger partial charge in [-0.1, -0.05) is 19.4 Å². The van der Waals surface area contributed by atoms with E-state index in [2.05, 4.69) is 13.8 Å². The Morgan fingerprint density at radius 1 is 1.12 bits per heavy atom. The summed E-state index contributed by atoms with van der Waals surface area (Å²) in [6, 6.07) is 0. The average Bonchev–Trinajstić information content (AvgIpc) is 2.95. The van der Waals surface area contributed by atoms with Crippen LogP contribution in [0, 0.1) is 28.1 Å². The highest BCUT2D eigenvalue weighted by molar-refractivity contribution is 5.93. The van der Waals surface area contributed by atoms with Crippen LogP contribution < -0.4 is 0 Å². The fraction of sp³-hybridized carbons (Fsp3) is 0.739. The predicted octanol–water partition coefficient (Wildman–Crippen LogP) is 5.18. The lowest BCUT2D eigenvalue weighted by Gasteiger charge is -2.55. The molecule has 5 aliphatic rings. The Hall–Kier alpha value is -1.18. The lowest BCUT2D eigenvalue weighted by atomic mass is 9.48. The highest BCUT2D eigenvalue weighted by Crippen LogP contribution is 2.81. The van der Waals surface area contributed by atoms with Crippen LogP contribution in [0.3, 0.4) is 0 Å². The predicted molar refractivity (Wildman–Crippen MR) is 98.0 cm³/mol. The van der Waals surface area contributed by atoms with Gasteiger partial charge >= 0.3 is 0 Å². The van der Waals surface area contributed by atoms with Gasteiger partial charge in [-0.05, 0) is 98.2 Å². The van der Waals surface area contributed by atoms with Crippen LogP contribution in [0.15, 0.2) is 22.8 Å². The first-order valence-corrected chi connectivity index (χ1v) is 10.3. The van der Waals surface area contributed by atoms with Crippen molar-refractivity contribution >= 4 is 11.6 Å². The molecule has 0 aromatic heterocycles. The molecule has 2 nitrogen and oxygen atoms in total. The van der Waals surface area contributed by atoms with Gasteiger partial charge in [-0.25, -0.2) is 0 Å². The summed E-state index contributed by atoms with van der Waals surface area (Å²) in [4.78, 5) is 24.7. The molecule has 0 aromatic carbocycles. The molecule has 3 saturated carbocycles. The first kappa shape index (κ1) is 16.0. The largest absolute Gasteiger partial charge is 0.299 e. The van der Waals surface area contributed by atoms with Gasteiger partial charge in [0.25, 0.3) is 0 Å². The Labute approximate surface area is 151 Å². The van der Waals surface area contributed by atoms with E-state index in [0.717, 1.165) is 25.7 Å². The van der Waals surface area contributed by atoms with Crippen molar-refractivity contribution in [2.24, 2.45) is 28.1 Å². The third kappa shape index (κ3) is 1.59. The van der Waals surface area contributed by atoms with E-state index < -0.39 is 0 Å². The number of hydrogen-bond acceptors (Lipinski definition) is 2. The van der Waals surface area contributed by atoms with Crippen LogP contribution in [0.4, 0.5) is 0 Å². The molecule has 2 heteroatoms. The van der Waals surface area contributed by atoms with Crippen molar-refractivity contribution in [1.82, 2.24) is 0 Å². The van der Waals surface area contributed by atoms with E-state index in [1.165, 1.54) is 31.3 Å². The summed E-state index contributed by atoms with van der Waals surface area (Å²) in [5, 5.41) is 0. The van der Waals surface area contributed by atoms with Gasteiger partial charge < -0.3 is 0 Å². The van der Waals surface area contributed by atoms with Crippen LogP contribution in [0.1, 0.15) is 78.6 Å². The number of carbonyl (C=O) groups is 2. The standard InChI is InChI=1S/C23H30O2/c1-14-13-22-10-11-23(14,15(2)24)21(22,3)9-8-19-18-6-5-17(25)12-16(18)4-7-20(19)22/h12,14,20H,4-11,13H2,1-3H3/t14?,20-,21+,22?,23-/m1/s1. The smallest absolute Gasteiger partial charge is 0.156 e. The zero-order valence-electron chi connectivity index (χ0n) is 15.9. The normalized spacial score (nSPS) is 48.0. The number of Topliss-reactive ketones (excluding diaryl/α,β-unsaturated/α-hetero) is 1. The van der Waals surface area contributed by atoms with E-state index in [1.54, 1.807) is 11.1 Å². The van der Waals surface area contributed by atoms with Crippen LogP contribution in [-0.2, 0) is 9.59 Å². The minimum Gasteiger partial charge on any atom is -0.299 e. The van der Waals surface area contributed by atoms with E-state index >= 15 is 0 Å². The summed E-state index contributed by atoms with van der Waals surface area (Å²) in [6.45, 7) is 6.69. The van der Waals surface area contributed by atoms with Crippen LogP contribution in [-0.4, -0.2) is 11.6 Å². The first-order valence-electron chi connectivity index (χ1n) is 10.3. The lowest BCUT2D eigenvalue weighted by molar-refractivity contribution is -0.136. The third-order valence-electron chi connectivity index (χ3n) is 9.61. The van der Waals surface area contributed by atoms with Crippen molar-refractivity contribution < 1.29 is 9.59 Å². The third-order valence-corrected chi connectivity index (χ3v) is 9.61. The average molecular weight is 338 g/mol. The van der Waals surface area contributed by atoms with Crippen molar-refractivity contribution in [3.05, 3.63) is 22.8 Å². The minimum absolute atomic E-state index is 0.0676. The molecule has 0 aliphatic heterocycles. The van der Waals surface area contributed by atoms with Gasteiger partial charge in [0, 0.05) is 11.8 Å². The molecule has 5 aliphatic carbocycles. The lowest BCUT2D eigenvalue weighted by Crippen LogP contribution is -2.50. The number of carbonyl (C=O) groups excluding carboxylic acids is 2. The fourth-order valence-corrected chi connectivity index (χ4v) is 8.70. The van der Waals surface area contributed by atoms with Crippen LogP contribution in [0.2, 0.25) is 0 Å². The van der Waals surface area contributed by atoms with Gasteiger partial charge in [-0.3, -0.25) is 9.59 Å². The number of rotatable bonds is 1. The van der Waals surface area contributed by atoms with Crippen molar-refractivity contribution in [3.8, 4) is 0 Å². The van der Waals surface area contributed by atoms with Crippen molar-refractivity contribution in [2.45, 2.75) is 78.6 Å². The molecule has 134 valence electrons. The van der Waals surface area contributed by atoms with E-state index in [4.69, 9.17) is 0 Å². The van der Waals surface area contributed by atoms with Crippen molar-refractivity contribution in [2.75, 3.05) is 0 Å².